The lowest BCUT2D eigenvalue weighted by Crippen LogP contribution is -2.46. The van der Waals surface area contributed by atoms with Crippen LogP contribution in [-0.2, 0) is 19.4 Å². The van der Waals surface area contributed by atoms with Crippen LogP contribution in [0.5, 0.6) is 0 Å². The number of amides is 3. The van der Waals surface area contributed by atoms with Gasteiger partial charge in [-0.15, -0.1) is 9.38 Å². The van der Waals surface area contributed by atoms with Crippen LogP contribution in [0.4, 0.5) is 15.6 Å². The number of nitrogens with one attached hydrogen (secondary N) is 1. The Morgan fingerprint density at radius 3 is 2.52 bits per heavy atom. The first-order chi connectivity index (χ1) is 15.4. The fraction of sp³-hybridized carbons (Fsp3) is 0.778. The zero-order valence-electron chi connectivity index (χ0n) is 18.6. The van der Waals surface area contributed by atoms with Crippen molar-refractivity contribution in [1.82, 2.24) is 25.5 Å². The zero-order valence-corrected chi connectivity index (χ0v) is 19.4. The van der Waals surface area contributed by atoms with Gasteiger partial charge >= 0.3 is 28.5 Å². The molecule has 1 aromatic heterocycles. The van der Waals surface area contributed by atoms with Gasteiger partial charge in [0, 0.05) is 25.7 Å². The van der Waals surface area contributed by atoms with E-state index in [2.05, 4.69) is 19.8 Å². The van der Waals surface area contributed by atoms with Gasteiger partial charge < -0.3 is 24.3 Å². The molecule has 3 amide bonds. The number of aromatic nitrogens is 2. The monoisotopic (exact) mass is 488 g/mol. The lowest BCUT2D eigenvalue weighted by atomic mass is 10.0. The van der Waals surface area contributed by atoms with Crippen molar-refractivity contribution in [2.24, 2.45) is 0 Å². The lowest BCUT2D eigenvalue weighted by molar-refractivity contribution is -0.0317. The molecule has 0 saturated carbocycles. The highest BCUT2D eigenvalue weighted by Gasteiger charge is 2.49. The summed E-state index contributed by atoms with van der Waals surface area (Å²) >= 11 is 0. The summed E-state index contributed by atoms with van der Waals surface area (Å²) in [5.74, 6) is 0.250. The van der Waals surface area contributed by atoms with E-state index in [9.17, 15) is 18.0 Å². The van der Waals surface area contributed by atoms with Crippen molar-refractivity contribution in [3.8, 4) is 0 Å². The van der Waals surface area contributed by atoms with Crippen LogP contribution in [0, 0.1) is 0 Å². The summed E-state index contributed by atoms with van der Waals surface area (Å²) in [4.78, 5) is 27.8. The van der Waals surface area contributed by atoms with E-state index in [-0.39, 0.29) is 18.5 Å². The average molecular weight is 489 g/mol. The standard InChI is InChI=1S/C18H28N6O8S/c1-18(2,3)31-16(25)19-11-6-8-22(9-7-11)15-21-20-14(30-15)13-5-4-12-10-23(13)17(26)24(12)32-33(27,28)29/h11-13H,4-10H2,1-3H3,(H,19,25)(H,27,28,29)/t12-,13-/m0/s1. The van der Waals surface area contributed by atoms with Gasteiger partial charge in [-0.2, -0.15) is 13.5 Å². The number of anilines is 1. The number of urea groups is 1. The second-order valence-corrected chi connectivity index (χ2v) is 10.3. The molecular formula is C18H28N6O8S. The first-order valence-corrected chi connectivity index (χ1v) is 12.1. The van der Waals surface area contributed by atoms with E-state index >= 15 is 0 Å². The molecule has 3 aliphatic heterocycles. The third-order valence-electron chi connectivity index (χ3n) is 5.70. The molecule has 4 heterocycles. The van der Waals surface area contributed by atoms with E-state index in [1.807, 2.05) is 25.7 Å². The maximum absolute atomic E-state index is 12.6. The molecule has 4 rings (SSSR count). The fourth-order valence-electron chi connectivity index (χ4n) is 4.27. The maximum Gasteiger partial charge on any atom is 0.418 e. The van der Waals surface area contributed by atoms with E-state index in [0.717, 1.165) is 0 Å². The summed E-state index contributed by atoms with van der Waals surface area (Å²) < 4.78 is 46.6. The number of piperidine rings is 2. The van der Waals surface area contributed by atoms with Gasteiger partial charge in [-0.3, -0.25) is 4.55 Å². The van der Waals surface area contributed by atoms with Crippen LogP contribution in [0.1, 0.15) is 58.4 Å². The van der Waals surface area contributed by atoms with Crippen molar-refractivity contribution in [3.63, 3.8) is 0 Å². The number of fused-ring (bicyclic) bond motifs is 2. The predicted molar refractivity (Wildman–Crippen MR) is 111 cm³/mol. The number of hydrogen-bond donors (Lipinski definition) is 2. The molecule has 2 bridgehead atoms. The summed E-state index contributed by atoms with van der Waals surface area (Å²) in [5.41, 5.74) is -0.559. The molecule has 3 fully saturated rings. The lowest BCUT2D eigenvalue weighted by Gasteiger charge is -2.31. The highest BCUT2D eigenvalue weighted by Crippen LogP contribution is 2.39. The second-order valence-electron chi connectivity index (χ2n) is 9.34. The molecule has 14 nitrogen and oxygen atoms in total. The van der Waals surface area contributed by atoms with Crippen molar-refractivity contribution in [3.05, 3.63) is 5.89 Å². The number of hydroxylamine groups is 2. The summed E-state index contributed by atoms with van der Waals surface area (Å²) in [6.45, 7) is 6.83. The molecule has 15 heteroatoms. The number of rotatable bonds is 5. The van der Waals surface area contributed by atoms with Crippen molar-refractivity contribution in [2.45, 2.75) is 70.2 Å². The number of carbonyl (C=O) groups excluding carboxylic acids is 2. The normalized spacial score (nSPS) is 24.4. The fourth-order valence-corrected chi connectivity index (χ4v) is 4.65. The van der Waals surface area contributed by atoms with Crippen molar-refractivity contribution < 1.29 is 36.0 Å². The number of ether oxygens (including phenoxy) is 1. The number of carbonyl (C=O) groups is 2. The van der Waals surface area contributed by atoms with Crippen LogP contribution >= 0.6 is 0 Å². The summed E-state index contributed by atoms with van der Waals surface area (Å²) in [5, 5.41) is 11.8. The Balaban J connectivity index is 1.34. The molecule has 3 aliphatic rings. The smallest absolute Gasteiger partial charge is 0.418 e. The van der Waals surface area contributed by atoms with E-state index in [0.29, 0.717) is 49.9 Å². The van der Waals surface area contributed by atoms with Gasteiger partial charge in [0.05, 0.1) is 6.04 Å². The van der Waals surface area contributed by atoms with Gasteiger partial charge in [0.2, 0.25) is 5.89 Å². The Bertz CT molecular complexity index is 1000. The molecule has 0 aliphatic carbocycles. The van der Waals surface area contributed by atoms with Crippen molar-refractivity contribution >= 4 is 28.5 Å². The van der Waals surface area contributed by atoms with E-state index in [1.165, 1.54) is 4.90 Å². The average Bonchev–Trinajstić information content (AvgIpc) is 3.27. The van der Waals surface area contributed by atoms with Crippen molar-refractivity contribution in [2.75, 3.05) is 24.5 Å². The number of hydrogen-bond acceptors (Lipinski definition) is 10. The minimum Gasteiger partial charge on any atom is -0.444 e. The molecule has 33 heavy (non-hydrogen) atoms. The Morgan fingerprint density at radius 1 is 1.18 bits per heavy atom. The maximum atomic E-state index is 12.6. The van der Waals surface area contributed by atoms with Crippen LogP contribution in [0.15, 0.2) is 4.42 Å². The molecule has 3 saturated heterocycles. The SMILES string of the molecule is CC(C)(C)OC(=O)NC1CCN(c2nnc([C@@H]3CC[C@H]4CN3C(=O)N4OS(=O)(=O)O)o2)CC1. The van der Waals surface area contributed by atoms with Gasteiger partial charge in [0.25, 0.3) is 0 Å². The summed E-state index contributed by atoms with van der Waals surface area (Å²) in [7, 11) is -4.81. The zero-order chi connectivity index (χ0) is 24.0. The molecule has 2 atom stereocenters. The molecule has 0 unspecified atom stereocenters. The molecule has 1 aromatic rings. The van der Waals surface area contributed by atoms with E-state index in [1.54, 1.807) is 0 Å². The van der Waals surface area contributed by atoms with Gasteiger partial charge in [-0.1, -0.05) is 5.10 Å². The predicted octanol–water partition coefficient (Wildman–Crippen LogP) is 1.24. The minimum absolute atomic E-state index is 0.0234. The van der Waals surface area contributed by atoms with Crippen molar-refractivity contribution in [1.29, 1.82) is 0 Å². The third kappa shape index (κ3) is 5.47. The molecule has 0 radical (unpaired) electrons. The van der Waals surface area contributed by atoms with Gasteiger partial charge in [-0.05, 0) is 46.5 Å². The molecule has 0 spiro atoms. The second kappa shape index (κ2) is 8.61. The quantitative estimate of drug-likeness (QED) is 0.572. The first-order valence-electron chi connectivity index (χ1n) is 10.7. The van der Waals surface area contributed by atoms with E-state index in [4.69, 9.17) is 13.7 Å². The van der Waals surface area contributed by atoms with Crippen LogP contribution in [-0.4, -0.2) is 82.6 Å². The topological polar surface area (TPSA) is 168 Å². The molecule has 0 aromatic carbocycles. The molecule has 184 valence electrons. The van der Waals surface area contributed by atoms with Crippen LogP contribution in [0.3, 0.4) is 0 Å². The van der Waals surface area contributed by atoms with Gasteiger partial charge in [-0.25, -0.2) is 9.59 Å². The Morgan fingerprint density at radius 2 is 1.88 bits per heavy atom. The molecule has 2 N–H and O–H groups in total. The highest BCUT2D eigenvalue weighted by atomic mass is 32.3. The highest BCUT2D eigenvalue weighted by molar-refractivity contribution is 7.80. The Kier molecular flexibility index (Phi) is 6.13. The Hall–Kier alpha value is -2.65. The number of alkyl carbamates (subject to hydrolysis) is 1. The number of nitrogens with zero attached hydrogens (tertiary/aromatic N) is 5. The van der Waals surface area contributed by atoms with Crippen LogP contribution in [0.25, 0.3) is 0 Å². The third-order valence-corrected chi connectivity index (χ3v) is 6.05. The van der Waals surface area contributed by atoms with Crippen LogP contribution < -0.4 is 10.2 Å². The largest absolute Gasteiger partial charge is 0.444 e. The Labute approximate surface area is 191 Å². The van der Waals surface area contributed by atoms with Crippen LogP contribution in [0.2, 0.25) is 0 Å². The molecular weight excluding hydrogens is 460 g/mol. The van der Waals surface area contributed by atoms with Gasteiger partial charge in [0.15, 0.2) is 0 Å². The van der Waals surface area contributed by atoms with E-state index < -0.39 is 40.2 Å². The first kappa shape index (κ1) is 23.5. The van der Waals surface area contributed by atoms with Gasteiger partial charge in [0.1, 0.15) is 11.6 Å². The minimum atomic E-state index is -4.81. The summed E-state index contributed by atoms with van der Waals surface area (Å²) in [6, 6.07) is -1.40. The summed E-state index contributed by atoms with van der Waals surface area (Å²) in [6.07, 6.45) is 1.83.